The molecule has 3 rings (SSSR count). The maximum absolute atomic E-state index is 6.27. The molecule has 1 aromatic carbocycles. The van der Waals surface area contributed by atoms with Gasteiger partial charge in [0.2, 0.25) is 0 Å². The molecule has 0 amide bonds. The van der Waals surface area contributed by atoms with Crippen molar-refractivity contribution in [2.45, 2.75) is 6.04 Å². The molecule has 0 radical (unpaired) electrons. The third kappa shape index (κ3) is 2.54. The Morgan fingerprint density at radius 3 is 2.42 bits per heavy atom. The molecule has 1 aliphatic rings. The Balaban J connectivity index is 2.00. The zero-order chi connectivity index (χ0) is 13.4. The van der Waals surface area contributed by atoms with Crippen LogP contribution >= 0.6 is 34.5 Å². The molecule has 2 heterocycles. The number of ether oxygens (including phenoxy) is 2. The van der Waals surface area contributed by atoms with Crippen LogP contribution in [-0.2, 0) is 0 Å². The molecule has 2 aromatic rings. The summed E-state index contributed by atoms with van der Waals surface area (Å²) in [6, 6.07) is 7.01. The highest BCUT2D eigenvalue weighted by Gasteiger charge is 2.20. The molecule has 0 spiro atoms. The lowest BCUT2D eigenvalue weighted by molar-refractivity contribution is 0.171. The minimum absolute atomic E-state index is 0.319. The van der Waals surface area contributed by atoms with Crippen molar-refractivity contribution in [3.8, 4) is 11.5 Å². The molecular weight excluding hydrogens is 305 g/mol. The second-order valence-corrected chi connectivity index (χ2v) is 6.29. The third-order valence-electron chi connectivity index (χ3n) is 2.90. The van der Waals surface area contributed by atoms with Crippen molar-refractivity contribution in [2.24, 2.45) is 5.73 Å². The highest BCUT2D eigenvalue weighted by molar-refractivity contribution is 7.16. The van der Waals surface area contributed by atoms with Gasteiger partial charge in [0.15, 0.2) is 11.5 Å². The standard InChI is InChI=1S/C13H11Cl2NO2S/c14-8-6-10-9(17-3-4-18-10)5-7(8)13(16)11-1-2-12(15)19-11/h1-2,5-6,13H,3-4,16H2. The van der Waals surface area contributed by atoms with Crippen LogP contribution in [0.3, 0.4) is 0 Å². The molecular formula is C13H11Cl2NO2S. The molecule has 0 bridgehead atoms. The Bertz CT molecular complexity index is 615. The van der Waals surface area contributed by atoms with Crippen LogP contribution < -0.4 is 15.2 Å². The molecule has 6 heteroatoms. The summed E-state index contributed by atoms with van der Waals surface area (Å²) in [5.74, 6) is 1.35. The summed E-state index contributed by atoms with van der Waals surface area (Å²) in [5, 5.41) is 0.571. The number of rotatable bonds is 2. The van der Waals surface area contributed by atoms with Crippen molar-refractivity contribution in [1.82, 2.24) is 0 Å². The molecule has 19 heavy (non-hydrogen) atoms. The van der Waals surface area contributed by atoms with Crippen LogP contribution in [0.5, 0.6) is 11.5 Å². The smallest absolute Gasteiger partial charge is 0.162 e. The highest BCUT2D eigenvalue weighted by Crippen LogP contribution is 2.40. The first kappa shape index (κ1) is 13.1. The molecule has 0 saturated carbocycles. The Kier molecular flexibility index (Phi) is 3.58. The SMILES string of the molecule is NC(c1ccc(Cl)s1)c1cc2c(cc1Cl)OCCO2. The summed E-state index contributed by atoms with van der Waals surface area (Å²) in [5.41, 5.74) is 7.04. The van der Waals surface area contributed by atoms with E-state index in [1.807, 2.05) is 18.2 Å². The van der Waals surface area contributed by atoms with Crippen molar-refractivity contribution >= 4 is 34.5 Å². The van der Waals surface area contributed by atoms with E-state index < -0.39 is 0 Å². The Morgan fingerprint density at radius 2 is 1.79 bits per heavy atom. The number of hydrogen-bond acceptors (Lipinski definition) is 4. The zero-order valence-electron chi connectivity index (χ0n) is 9.86. The Morgan fingerprint density at radius 1 is 1.11 bits per heavy atom. The molecule has 2 N–H and O–H groups in total. The molecule has 1 aliphatic heterocycles. The fourth-order valence-electron chi connectivity index (χ4n) is 1.97. The fraction of sp³-hybridized carbons (Fsp3) is 0.231. The van der Waals surface area contributed by atoms with Gasteiger partial charge >= 0.3 is 0 Å². The van der Waals surface area contributed by atoms with Crippen LogP contribution in [0.2, 0.25) is 9.36 Å². The van der Waals surface area contributed by atoms with Gasteiger partial charge in [-0.1, -0.05) is 23.2 Å². The van der Waals surface area contributed by atoms with E-state index in [0.29, 0.717) is 34.1 Å². The van der Waals surface area contributed by atoms with Crippen LogP contribution in [0, 0.1) is 0 Å². The predicted molar refractivity (Wildman–Crippen MR) is 77.8 cm³/mol. The summed E-state index contributed by atoms with van der Waals surface area (Å²) < 4.78 is 11.7. The van der Waals surface area contributed by atoms with Crippen molar-refractivity contribution in [3.63, 3.8) is 0 Å². The number of benzene rings is 1. The van der Waals surface area contributed by atoms with Crippen LogP contribution in [0.4, 0.5) is 0 Å². The van der Waals surface area contributed by atoms with Crippen molar-refractivity contribution < 1.29 is 9.47 Å². The lowest BCUT2D eigenvalue weighted by atomic mass is 10.1. The molecule has 1 atom stereocenters. The lowest BCUT2D eigenvalue weighted by Gasteiger charge is -2.21. The first-order valence-corrected chi connectivity index (χ1v) is 7.32. The van der Waals surface area contributed by atoms with Gasteiger partial charge < -0.3 is 15.2 Å². The van der Waals surface area contributed by atoms with E-state index in [9.17, 15) is 0 Å². The largest absolute Gasteiger partial charge is 0.486 e. The van der Waals surface area contributed by atoms with E-state index >= 15 is 0 Å². The second kappa shape index (κ2) is 5.21. The summed E-state index contributed by atoms with van der Waals surface area (Å²) in [4.78, 5) is 0.962. The predicted octanol–water partition coefficient (Wildman–Crippen LogP) is 3.87. The quantitative estimate of drug-likeness (QED) is 0.914. The lowest BCUT2D eigenvalue weighted by Crippen LogP contribution is -2.17. The average molecular weight is 316 g/mol. The van der Waals surface area contributed by atoms with E-state index in [4.69, 9.17) is 38.4 Å². The number of nitrogens with two attached hydrogens (primary N) is 1. The van der Waals surface area contributed by atoms with Gasteiger partial charge in [-0.15, -0.1) is 11.3 Å². The molecule has 1 unspecified atom stereocenters. The first-order chi connectivity index (χ1) is 9.15. The van der Waals surface area contributed by atoms with Gasteiger partial charge in [-0.3, -0.25) is 0 Å². The van der Waals surface area contributed by atoms with Gasteiger partial charge in [0.25, 0.3) is 0 Å². The van der Waals surface area contributed by atoms with E-state index in [1.54, 1.807) is 6.07 Å². The van der Waals surface area contributed by atoms with Crippen LogP contribution in [0.1, 0.15) is 16.5 Å². The number of thiophene rings is 1. The highest BCUT2D eigenvalue weighted by atomic mass is 35.5. The van der Waals surface area contributed by atoms with Crippen molar-refractivity contribution in [1.29, 1.82) is 0 Å². The summed E-state index contributed by atoms with van der Waals surface area (Å²) in [6.45, 7) is 1.07. The number of hydrogen-bond donors (Lipinski definition) is 1. The second-order valence-electron chi connectivity index (χ2n) is 4.14. The first-order valence-electron chi connectivity index (χ1n) is 5.75. The Labute approximate surface area is 124 Å². The monoisotopic (exact) mass is 315 g/mol. The molecule has 0 aliphatic carbocycles. The summed E-state index contributed by atoms with van der Waals surface area (Å²) in [7, 11) is 0. The molecule has 100 valence electrons. The number of fused-ring (bicyclic) bond motifs is 1. The van der Waals surface area contributed by atoms with Crippen LogP contribution in [-0.4, -0.2) is 13.2 Å². The topological polar surface area (TPSA) is 44.5 Å². The van der Waals surface area contributed by atoms with Crippen LogP contribution in [0.15, 0.2) is 24.3 Å². The summed E-state index contributed by atoms with van der Waals surface area (Å²) >= 11 is 13.6. The van der Waals surface area contributed by atoms with E-state index in [0.717, 1.165) is 10.4 Å². The normalized spacial score (nSPS) is 15.3. The Hall–Kier alpha value is -0.940. The fourth-order valence-corrected chi connectivity index (χ4v) is 3.32. The van der Waals surface area contributed by atoms with Gasteiger partial charge in [-0.05, 0) is 23.8 Å². The van der Waals surface area contributed by atoms with Crippen molar-refractivity contribution in [3.05, 3.63) is 44.1 Å². The van der Waals surface area contributed by atoms with Crippen LogP contribution in [0.25, 0.3) is 0 Å². The van der Waals surface area contributed by atoms with E-state index in [-0.39, 0.29) is 6.04 Å². The summed E-state index contributed by atoms with van der Waals surface area (Å²) in [6.07, 6.45) is 0. The maximum Gasteiger partial charge on any atom is 0.162 e. The van der Waals surface area contributed by atoms with E-state index in [1.165, 1.54) is 11.3 Å². The van der Waals surface area contributed by atoms with E-state index in [2.05, 4.69) is 0 Å². The van der Waals surface area contributed by atoms with Gasteiger partial charge in [-0.25, -0.2) is 0 Å². The zero-order valence-corrected chi connectivity index (χ0v) is 12.2. The van der Waals surface area contributed by atoms with Gasteiger partial charge in [0.05, 0.1) is 10.4 Å². The maximum atomic E-state index is 6.27. The van der Waals surface area contributed by atoms with Gasteiger partial charge in [0.1, 0.15) is 13.2 Å². The average Bonchev–Trinajstić information content (AvgIpc) is 2.84. The third-order valence-corrected chi connectivity index (χ3v) is 4.54. The van der Waals surface area contributed by atoms with Crippen molar-refractivity contribution in [2.75, 3.05) is 13.2 Å². The van der Waals surface area contributed by atoms with Gasteiger partial charge in [-0.2, -0.15) is 0 Å². The minimum Gasteiger partial charge on any atom is -0.486 e. The molecule has 0 saturated heterocycles. The molecule has 0 fully saturated rings. The number of halogens is 2. The molecule has 1 aromatic heterocycles. The molecule has 3 nitrogen and oxygen atoms in total. The van der Waals surface area contributed by atoms with Gasteiger partial charge in [0, 0.05) is 16.0 Å². The minimum atomic E-state index is -0.319.